The van der Waals surface area contributed by atoms with Gasteiger partial charge in [-0.2, -0.15) is 0 Å². The molecule has 0 amide bonds. The van der Waals surface area contributed by atoms with Crippen molar-refractivity contribution in [3.05, 3.63) is 0 Å². The van der Waals surface area contributed by atoms with Crippen molar-refractivity contribution < 1.29 is 24.4 Å². The van der Waals surface area contributed by atoms with Crippen LogP contribution in [0.3, 0.4) is 0 Å². The Morgan fingerprint density at radius 3 is 0.774 bits per heavy atom. The molecular weight excluding hydrogens is 438 g/mol. The summed E-state index contributed by atoms with van der Waals surface area (Å²) < 4.78 is 8.88. The molecule has 0 rings (SSSR count). The SMILES string of the molecule is CCCCCCCCCCCCCCCCCCCCCCCCO.O=P(O)(O)O.[KH]. The van der Waals surface area contributed by atoms with Crippen molar-refractivity contribution in [2.45, 2.75) is 148 Å². The van der Waals surface area contributed by atoms with E-state index in [1.54, 1.807) is 0 Å². The molecule has 0 aromatic carbocycles. The van der Waals surface area contributed by atoms with Gasteiger partial charge < -0.3 is 19.8 Å². The van der Waals surface area contributed by atoms with E-state index in [1.165, 1.54) is 135 Å². The molecule has 0 saturated heterocycles. The van der Waals surface area contributed by atoms with Crippen LogP contribution in [-0.4, -0.2) is 77.8 Å². The van der Waals surface area contributed by atoms with Gasteiger partial charge in [-0.15, -0.1) is 0 Å². The van der Waals surface area contributed by atoms with Crippen molar-refractivity contribution in [1.29, 1.82) is 0 Å². The standard InChI is InChI=1S/C24H50O.K.H3O4P.H/c1-2-3-4-5-6-7-8-9-10-11-12-13-14-15-16-17-18-19-20-21-22-23-24-25;;1-5(2,3)4;/h25H,2-24H2,1H3;;(H3,1,2,3,4);. The van der Waals surface area contributed by atoms with E-state index < -0.39 is 7.82 Å². The molecule has 0 aliphatic rings. The number of phosphoric acid groups is 1. The van der Waals surface area contributed by atoms with Crippen LogP contribution in [-0.2, 0) is 4.57 Å². The number of hydrogen-bond donors (Lipinski definition) is 4. The van der Waals surface area contributed by atoms with Crippen molar-refractivity contribution in [3.63, 3.8) is 0 Å². The topological polar surface area (TPSA) is 98.0 Å². The zero-order valence-corrected chi connectivity index (χ0v) is 20.8. The molecule has 0 saturated carbocycles. The molecule has 0 unspecified atom stereocenters. The van der Waals surface area contributed by atoms with E-state index in [1.807, 2.05) is 0 Å². The molecule has 0 aliphatic heterocycles. The van der Waals surface area contributed by atoms with Gasteiger partial charge in [-0.05, 0) is 6.42 Å². The van der Waals surface area contributed by atoms with E-state index in [0.29, 0.717) is 6.61 Å². The first-order valence-corrected chi connectivity index (χ1v) is 14.4. The van der Waals surface area contributed by atoms with Gasteiger partial charge >= 0.3 is 59.2 Å². The van der Waals surface area contributed by atoms with Gasteiger partial charge in [0.15, 0.2) is 0 Å². The fourth-order valence-electron chi connectivity index (χ4n) is 3.72. The molecule has 0 fully saturated rings. The predicted octanol–water partition coefficient (Wildman–Crippen LogP) is 7.00. The van der Waals surface area contributed by atoms with Crippen LogP contribution in [0.5, 0.6) is 0 Å². The Labute approximate surface area is 236 Å². The fourth-order valence-corrected chi connectivity index (χ4v) is 3.72. The number of rotatable bonds is 22. The number of unbranched alkanes of at least 4 members (excludes halogenated alkanes) is 21. The van der Waals surface area contributed by atoms with Crippen LogP contribution in [0.4, 0.5) is 0 Å². The second kappa shape index (κ2) is 31.7. The Hall–Kier alpha value is 1.71. The van der Waals surface area contributed by atoms with Gasteiger partial charge in [0.05, 0.1) is 0 Å². The van der Waals surface area contributed by atoms with Crippen molar-refractivity contribution in [1.82, 2.24) is 0 Å². The summed E-state index contributed by atoms with van der Waals surface area (Å²) in [5, 5.41) is 8.72. The predicted molar refractivity (Wildman–Crippen MR) is 136 cm³/mol. The first kappa shape index (κ1) is 37.3. The molecule has 0 aromatic heterocycles. The summed E-state index contributed by atoms with van der Waals surface area (Å²) in [4.78, 5) is 21.6. The van der Waals surface area contributed by atoms with Crippen LogP contribution in [0.15, 0.2) is 0 Å². The van der Waals surface area contributed by atoms with E-state index in [-0.39, 0.29) is 51.4 Å². The third-order valence-electron chi connectivity index (χ3n) is 5.51. The molecule has 0 bridgehead atoms. The van der Waals surface area contributed by atoms with Crippen LogP contribution >= 0.6 is 7.82 Å². The quantitative estimate of drug-likeness (QED) is 0.0740. The zero-order valence-electron chi connectivity index (χ0n) is 19.9. The summed E-state index contributed by atoms with van der Waals surface area (Å²) in [6, 6.07) is 0. The third-order valence-corrected chi connectivity index (χ3v) is 5.51. The Balaban J connectivity index is -0.00000116. The van der Waals surface area contributed by atoms with E-state index in [0.717, 1.165) is 6.42 Å². The Kier molecular flexibility index (Phi) is 38.1. The minimum atomic E-state index is -4.64. The van der Waals surface area contributed by atoms with Gasteiger partial charge in [0.2, 0.25) is 0 Å². The van der Waals surface area contributed by atoms with Gasteiger partial charge in [-0.3, -0.25) is 0 Å². The summed E-state index contributed by atoms with van der Waals surface area (Å²) in [6.45, 7) is 2.67. The normalized spacial score (nSPS) is 11.0. The van der Waals surface area contributed by atoms with Gasteiger partial charge in [0.25, 0.3) is 0 Å². The van der Waals surface area contributed by atoms with Crippen molar-refractivity contribution in [2.24, 2.45) is 0 Å². The van der Waals surface area contributed by atoms with Crippen molar-refractivity contribution in [3.8, 4) is 0 Å². The molecule has 0 atom stereocenters. The molecule has 0 radical (unpaired) electrons. The van der Waals surface area contributed by atoms with Crippen LogP contribution in [0.1, 0.15) is 148 Å². The van der Waals surface area contributed by atoms with Gasteiger partial charge in [0.1, 0.15) is 0 Å². The Morgan fingerprint density at radius 1 is 0.452 bits per heavy atom. The average Bonchev–Trinajstić information content (AvgIpc) is 2.68. The number of aliphatic hydroxyl groups is 1. The monoisotopic (exact) mass is 492 g/mol. The molecule has 186 valence electrons. The second-order valence-corrected chi connectivity index (χ2v) is 9.69. The molecule has 0 aromatic rings. The molecule has 31 heavy (non-hydrogen) atoms. The molecule has 5 nitrogen and oxygen atoms in total. The third kappa shape index (κ3) is 49.8. The van der Waals surface area contributed by atoms with Crippen LogP contribution in [0, 0.1) is 0 Å². The first-order valence-electron chi connectivity index (χ1n) is 12.8. The second-order valence-electron chi connectivity index (χ2n) is 8.66. The molecule has 0 aliphatic carbocycles. The van der Waals surface area contributed by atoms with E-state index in [4.69, 9.17) is 24.4 Å². The van der Waals surface area contributed by atoms with Crippen LogP contribution < -0.4 is 0 Å². The molecular formula is C24H54KO5P. The summed E-state index contributed by atoms with van der Waals surface area (Å²) >= 11 is 0. The summed E-state index contributed by atoms with van der Waals surface area (Å²) in [5.41, 5.74) is 0. The maximum atomic E-state index is 8.88. The Morgan fingerprint density at radius 2 is 0.613 bits per heavy atom. The van der Waals surface area contributed by atoms with E-state index in [2.05, 4.69) is 6.92 Å². The van der Waals surface area contributed by atoms with Crippen LogP contribution in [0.2, 0.25) is 0 Å². The average molecular weight is 493 g/mol. The van der Waals surface area contributed by atoms with Gasteiger partial charge in [0, 0.05) is 6.61 Å². The van der Waals surface area contributed by atoms with Gasteiger partial charge in [-0.1, -0.05) is 142 Å². The summed E-state index contributed by atoms with van der Waals surface area (Å²) in [5.74, 6) is 0. The summed E-state index contributed by atoms with van der Waals surface area (Å²) in [7, 11) is -4.64. The summed E-state index contributed by atoms with van der Waals surface area (Å²) in [6.07, 6.45) is 31.1. The molecule has 0 heterocycles. The fraction of sp³-hybridized carbons (Fsp3) is 1.00. The van der Waals surface area contributed by atoms with E-state index in [9.17, 15) is 0 Å². The maximum absolute atomic E-state index is 8.88. The number of hydrogen-bond acceptors (Lipinski definition) is 2. The molecule has 4 N–H and O–H groups in total. The Bertz CT molecular complexity index is 323. The minimum absolute atomic E-state index is 0. The van der Waals surface area contributed by atoms with Crippen LogP contribution in [0.25, 0.3) is 0 Å². The van der Waals surface area contributed by atoms with E-state index >= 15 is 0 Å². The number of aliphatic hydroxyl groups excluding tert-OH is 1. The van der Waals surface area contributed by atoms with Gasteiger partial charge in [-0.25, -0.2) is 4.57 Å². The zero-order chi connectivity index (χ0) is 22.8. The van der Waals surface area contributed by atoms with Crippen molar-refractivity contribution >= 4 is 59.2 Å². The molecule has 7 heteroatoms. The van der Waals surface area contributed by atoms with Crippen molar-refractivity contribution in [2.75, 3.05) is 6.61 Å². The first-order chi connectivity index (χ1) is 14.4. The molecule has 0 spiro atoms.